The number of nitrogens with zero attached hydrogens (tertiary/aromatic N) is 3. The molecule has 2 aromatic rings. The van der Waals surface area contributed by atoms with E-state index in [-0.39, 0.29) is 49.2 Å². The molecule has 0 saturated carbocycles. The first-order valence-electron chi connectivity index (χ1n) is 8.62. The van der Waals surface area contributed by atoms with Gasteiger partial charge in [-0.05, 0) is 18.6 Å². The summed E-state index contributed by atoms with van der Waals surface area (Å²) in [5.74, 6) is -0.883. The molecule has 1 saturated heterocycles. The van der Waals surface area contributed by atoms with Crippen LogP contribution in [0.25, 0.3) is 11.4 Å². The summed E-state index contributed by atoms with van der Waals surface area (Å²) in [6.07, 6.45) is -0.221. The van der Waals surface area contributed by atoms with Crippen molar-refractivity contribution in [2.75, 3.05) is 19.7 Å². The maximum Gasteiger partial charge on any atom is 0.306 e. The van der Waals surface area contributed by atoms with Gasteiger partial charge in [-0.25, -0.2) is 4.39 Å². The van der Waals surface area contributed by atoms with Crippen molar-refractivity contribution < 1.29 is 28.3 Å². The van der Waals surface area contributed by atoms with E-state index in [1.54, 1.807) is 24.0 Å². The fraction of sp³-hybridized carbons (Fsp3) is 0.444. The van der Waals surface area contributed by atoms with Crippen molar-refractivity contribution in [1.29, 1.82) is 0 Å². The van der Waals surface area contributed by atoms with Crippen LogP contribution in [0.15, 0.2) is 22.7 Å². The van der Waals surface area contributed by atoms with Crippen LogP contribution in [-0.2, 0) is 20.7 Å². The maximum absolute atomic E-state index is 13.7. The third kappa shape index (κ3) is 4.88. The lowest BCUT2D eigenvalue weighted by molar-refractivity contribution is -0.147. The molecule has 0 radical (unpaired) electrons. The van der Waals surface area contributed by atoms with Gasteiger partial charge in [-0.3, -0.25) is 9.59 Å². The second-order valence-corrected chi connectivity index (χ2v) is 6.41. The molecule has 2 heterocycles. The van der Waals surface area contributed by atoms with E-state index in [2.05, 4.69) is 10.1 Å². The molecule has 0 aliphatic carbocycles. The topological polar surface area (TPSA) is 106 Å². The molecule has 1 amide bonds. The predicted molar refractivity (Wildman–Crippen MR) is 91.3 cm³/mol. The monoisotopic (exact) mass is 377 g/mol. The summed E-state index contributed by atoms with van der Waals surface area (Å²) in [4.78, 5) is 28.9. The molecule has 1 atom stereocenters. The highest BCUT2D eigenvalue weighted by molar-refractivity contribution is 5.76. The second kappa shape index (κ2) is 8.26. The molecular weight excluding hydrogens is 357 g/mol. The van der Waals surface area contributed by atoms with E-state index in [9.17, 15) is 14.0 Å². The number of aromatic nitrogens is 2. The number of aliphatic carboxylic acids is 1. The SMILES string of the molecule is Cc1ccc(-c2noc(CCC(=O)N3CCO[C@H](CC(=O)O)C3)n2)cc1F. The molecule has 1 N–H and O–H groups in total. The summed E-state index contributed by atoms with van der Waals surface area (Å²) in [5, 5.41) is 12.7. The van der Waals surface area contributed by atoms with E-state index in [1.807, 2.05) is 0 Å². The highest BCUT2D eigenvalue weighted by Gasteiger charge is 2.26. The summed E-state index contributed by atoms with van der Waals surface area (Å²) >= 11 is 0. The van der Waals surface area contributed by atoms with Crippen molar-refractivity contribution in [2.45, 2.75) is 32.3 Å². The molecule has 1 aliphatic rings. The van der Waals surface area contributed by atoms with Crippen molar-refractivity contribution in [2.24, 2.45) is 0 Å². The van der Waals surface area contributed by atoms with Gasteiger partial charge in [0.15, 0.2) is 0 Å². The van der Waals surface area contributed by atoms with Crippen molar-refractivity contribution in [3.05, 3.63) is 35.5 Å². The van der Waals surface area contributed by atoms with E-state index in [0.29, 0.717) is 24.3 Å². The Morgan fingerprint density at radius 1 is 1.41 bits per heavy atom. The lowest BCUT2D eigenvalue weighted by atomic mass is 10.1. The molecule has 1 fully saturated rings. The van der Waals surface area contributed by atoms with Crippen molar-refractivity contribution in [3.63, 3.8) is 0 Å². The summed E-state index contributed by atoms with van der Waals surface area (Å²) < 4.78 is 24.2. The number of hydrogen-bond acceptors (Lipinski definition) is 6. The van der Waals surface area contributed by atoms with Gasteiger partial charge in [0, 0.05) is 31.5 Å². The van der Waals surface area contributed by atoms with E-state index in [4.69, 9.17) is 14.4 Å². The zero-order valence-corrected chi connectivity index (χ0v) is 14.9. The lowest BCUT2D eigenvalue weighted by Gasteiger charge is -2.32. The van der Waals surface area contributed by atoms with Gasteiger partial charge in [0.1, 0.15) is 5.82 Å². The van der Waals surface area contributed by atoms with Crippen LogP contribution in [0.3, 0.4) is 0 Å². The van der Waals surface area contributed by atoms with E-state index < -0.39 is 12.1 Å². The number of benzene rings is 1. The Morgan fingerprint density at radius 3 is 2.96 bits per heavy atom. The first-order valence-corrected chi connectivity index (χ1v) is 8.62. The smallest absolute Gasteiger partial charge is 0.306 e. The van der Waals surface area contributed by atoms with Crippen LogP contribution in [0.5, 0.6) is 0 Å². The Bertz CT molecular complexity index is 838. The Balaban J connectivity index is 1.55. The number of carbonyl (C=O) groups excluding carboxylic acids is 1. The molecule has 0 bridgehead atoms. The van der Waals surface area contributed by atoms with Crippen LogP contribution < -0.4 is 0 Å². The zero-order chi connectivity index (χ0) is 19.4. The standard InChI is InChI=1S/C18H20FN3O5/c1-11-2-3-12(8-14(11)19)18-20-15(27-21-18)4-5-16(23)22-6-7-26-13(10-22)9-17(24)25/h2-3,8,13H,4-7,9-10H2,1H3,(H,24,25)/t13-/m1/s1. The number of aryl methyl sites for hydroxylation is 2. The molecule has 8 nitrogen and oxygen atoms in total. The number of carbonyl (C=O) groups is 2. The van der Waals surface area contributed by atoms with E-state index >= 15 is 0 Å². The van der Waals surface area contributed by atoms with Gasteiger partial charge in [0.05, 0.1) is 19.1 Å². The van der Waals surface area contributed by atoms with Gasteiger partial charge >= 0.3 is 5.97 Å². The van der Waals surface area contributed by atoms with E-state index in [0.717, 1.165) is 0 Å². The van der Waals surface area contributed by atoms with Crippen LogP contribution in [0, 0.1) is 12.7 Å². The Morgan fingerprint density at radius 2 is 2.22 bits per heavy atom. The van der Waals surface area contributed by atoms with Crippen LogP contribution in [-0.4, -0.2) is 57.8 Å². The van der Waals surface area contributed by atoms with Crippen molar-refractivity contribution >= 4 is 11.9 Å². The van der Waals surface area contributed by atoms with Gasteiger partial charge in [0.2, 0.25) is 17.6 Å². The van der Waals surface area contributed by atoms with Gasteiger partial charge < -0.3 is 19.3 Å². The number of hydrogen-bond donors (Lipinski definition) is 1. The number of halogens is 1. The number of morpholine rings is 1. The average molecular weight is 377 g/mol. The van der Waals surface area contributed by atoms with Gasteiger partial charge in [0.25, 0.3) is 0 Å². The quantitative estimate of drug-likeness (QED) is 0.818. The third-order valence-corrected chi connectivity index (χ3v) is 4.34. The second-order valence-electron chi connectivity index (χ2n) is 6.41. The molecule has 9 heteroatoms. The summed E-state index contributed by atoms with van der Waals surface area (Å²) in [6, 6.07) is 4.68. The molecule has 0 spiro atoms. The number of ether oxygens (including phenoxy) is 1. The number of amides is 1. The Kier molecular flexibility index (Phi) is 5.80. The largest absolute Gasteiger partial charge is 0.481 e. The third-order valence-electron chi connectivity index (χ3n) is 4.34. The molecule has 1 aliphatic heterocycles. The zero-order valence-electron chi connectivity index (χ0n) is 14.9. The summed E-state index contributed by atoms with van der Waals surface area (Å²) in [5.41, 5.74) is 1.03. The Labute approximate surface area is 154 Å². The van der Waals surface area contributed by atoms with Gasteiger partial charge in [-0.1, -0.05) is 17.3 Å². The molecule has 144 valence electrons. The highest BCUT2D eigenvalue weighted by Crippen LogP contribution is 2.19. The molecule has 1 aromatic carbocycles. The van der Waals surface area contributed by atoms with Crippen LogP contribution in [0.4, 0.5) is 4.39 Å². The van der Waals surface area contributed by atoms with Crippen LogP contribution >= 0.6 is 0 Å². The highest BCUT2D eigenvalue weighted by atomic mass is 19.1. The van der Waals surface area contributed by atoms with Gasteiger partial charge in [-0.15, -0.1) is 0 Å². The average Bonchev–Trinajstić information content (AvgIpc) is 3.10. The van der Waals surface area contributed by atoms with Crippen LogP contribution in [0.2, 0.25) is 0 Å². The minimum Gasteiger partial charge on any atom is -0.481 e. The van der Waals surface area contributed by atoms with Crippen molar-refractivity contribution in [3.8, 4) is 11.4 Å². The van der Waals surface area contributed by atoms with E-state index in [1.165, 1.54) is 6.07 Å². The van der Waals surface area contributed by atoms with Crippen LogP contribution in [0.1, 0.15) is 24.3 Å². The molecule has 27 heavy (non-hydrogen) atoms. The Hall–Kier alpha value is -2.81. The molecule has 0 unspecified atom stereocenters. The fourth-order valence-electron chi connectivity index (χ4n) is 2.84. The number of rotatable bonds is 6. The molecule has 1 aromatic heterocycles. The first-order chi connectivity index (χ1) is 12.9. The predicted octanol–water partition coefficient (Wildman–Crippen LogP) is 1.82. The minimum atomic E-state index is -0.958. The summed E-state index contributed by atoms with van der Waals surface area (Å²) in [6.45, 7) is 2.65. The maximum atomic E-state index is 13.7. The molecular formula is C18H20FN3O5. The van der Waals surface area contributed by atoms with Gasteiger partial charge in [-0.2, -0.15) is 4.98 Å². The molecule has 3 rings (SSSR count). The minimum absolute atomic E-state index is 0.130. The fourth-order valence-corrected chi connectivity index (χ4v) is 2.84. The first kappa shape index (κ1) is 19.0. The summed E-state index contributed by atoms with van der Waals surface area (Å²) in [7, 11) is 0. The number of carboxylic acid groups (broad SMARTS) is 1. The lowest BCUT2D eigenvalue weighted by Crippen LogP contribution is -2.46. The normalized spacial score (nSPS) is 17.1. The number of carboxylic acids is 1. The van der Waals surface area contributed by atoms with Crippen molar-refractivity contribution in [1.82, 2.24) is 15.0 Å².